The molecule has 10 rings (SSSR count). The molecule has 0 spiro atoms. The molecule has 0 fully saturated rings. The van der Waals surface area contributed by atoms with Gasteiger partial charge in [-0.05, 0) is 69.1 Å². The topological polar surface area (TPSA) is 51.8 Å². The van der Waals surface area contributed by atoms with Crippen molar-refractivity contribution >= 4 is 32.7 Å². The van der Waals surface area contributed by atoms with E-state index in [1.807, 2.05) is 48.5 Å². The van der Waals surface area contributed by atoms with Crippen molar-refractivity contribution in [2.24, 2.45) is 0 Å². The van der Waals surface area contributed by atoms with Crippen molar-refractivity contribution in [3.63, 3.8) is 0 Å². The highest BCUT2D eigenvalue weighted by Gasteiger charge is 2.18. The van der Waals surface area contributed by atoms with Crippen molar-refractivity contribution in [2.75, 3.05) is 0 Å². The summed E-state index contributed by atoms with van der Waals surface area (Å²) in [6, 6.07) is 65.2. The zero-order valence-corrected chi connectivity index (χ0v) is 28.6. The van der Waals surface area contributed by atoms with Crippen molar-refractivity contribution in [1.82, 2.24) is 15.0 Å². The minimum absolute atomic E-state index is 0.618. The zero-order valence-electron chi connectivity index (χ0n) is 28.6. The summed E-state index contributed by atoms with van der Waals surface area (Å²) in [4.78, 5) is 15.1. The van der Waals surface area contributed by atoms with Crippen LogP contribution in [0.2, 0.25) is 0 Å². The van der Waals surface area contributed by atoms with Crippen molar-refractivity contribution in [2.45, 2.75) is 0 Å². The summed E-state index contributed by atoms with van der Waals surface area (Å²) in [5, 5.41) is 4.39. The van der Waals surface area contributed by atoms with Crippen LogP contribution < -0.4 is 0 Å². The Morgan fingerprint density at radius 3 is 1.47 bits per heavy atom. The largest absolute Gasteiger partial charge is 0.455 e. The van der Waals surface area contributed by atoms with Gasteiger partial charge in [-0.3, -0.25) is 0 Å². The molecule has 2 heterocycles. The van der Waals surface area contributed by atoms with Crippen molar-refractivity contribution < 1.29 is 4.42 Å². The Kier molecular flexibility index (Phi) is 7.43. The van der Waals surface area contributed by atoms with Crippen molar-refractivity contribution in [3.05, 3.63) is 188 Å². The molecule has 0 aliphatic rings. The van der Waals surface area contributed by atoms with Gasteiger partial charge in [0.2, 0.25) is 0 Å². The lowest BCUT2D eigenvalue weighted by Crippen LogP contribution is -2.00. The molecule has 0 aliphatic carbocycles. The quantitative estimate of drug-likeness (QED) is 0.176. The molecule has 0 radical (unpaired) electrons. The van der Waals surface area contributed by atoms with Crippen LogP contribution in [0.25, 0.3) is 100 Å². The van der Waals surface area contributed by atoms with Crippen LogP contribution in [0.5, 0.6) is 0 Å². The number of rotatable bonds is 6. The van der Waals surface area contributed by atoms with E-state index >= 15 is 0 Å². The van der Waals surface area contributed by atoms with E-state index in [4.69, 9.17) is 19.4 Å². The van der Waals surface area contributed by atoms with E-state index in [-0.39, 0.29) is 0 Å². The van der Waals surface area contributed by atoms with Gasteiger partial charge in [-0.15, -0.1) is 0 Å². The van der Waals surface area contributed by atoms with Gasteiger partial charge in [0.1, 0.15) is 11.2 Å². The standard InChI is InChI=1S/C49H31N3O/c1-4-13-32(14-5-1)34-23-25-36(26-24-34)48-50-47(35-17-8-3-9-18-35)51-49(52-48)39-20-12-19-38(29-39)42-31-44-40-21-10-11-22-45(40)53-46(44)41-28-27-37(30-43(41)42)33-15-6-2-7-16-33/h1-31H. The van der Waals surface area contributed by atoms with Gasteiger partial charge >= 0.3 is 0 Å². The number of aromatic nitrogens is 3. The molecule has 248 valence electrons. The maximum atomic E-state index is 6.51. The number of furan rings is 1. The van der Waals surface area contributed by atoms with Gasteiger partial charge in [0.25, 0.3) is 0 Å². The molecule has 0 aliphatic heterocycles. The maximum Gasteiger partial charge on any atom is 0.164 e. The Balaban J connectivity index is 1.15. The maximum absolute atomic E-state index is 6.51. The molecule has 0 atom stereocenters. The average Bonchev–Trinajstić information content (AvgIpc) is 3.63. The molecule has 8 aromatic carbocycles. The van der Waals surface area contributed by atoms with Gasteiger partial charge in [-0.2, -0.15) is 0 Å². The Morgan fingerprint density at radius 1 is 0.283 bits per heavy atom. The fraction of sp³-hybridized carbons (Fsp3) is 0. The second-order valence-corrected chi connectivity index (χ2v) is 13.2. The number of nitrogens with zero attached hydrogens (tertiary/aromatic N) is 3. The van der Waals surface area contributed by atoms with Gasteiger partial charge < -0.3 is 4.42 Å². The van der Waals surface area contributed by atoms with Crippen LogP contribution in [0.4, 0.5) is 0 Å². The van der Waals surface area contributed by atoms with Crippen LogP contribution in [0.15, 0.2) is 192 Å². The molecule has 2 aromatic heterocycles. The predicted octanol–water partition coefficient (Wildman–Crippen LogP) is 12.9. The second-order valence-electron chi connectivity index (χ2n) is 13.2. The van der Waals surface area contributed by atoms with Gasteiger partial charge in [-0.25, -0.2) is 15.0 Å². The van der Waals surface area contributed by atoms with E-state index in [1.54, 1.807) is 0 Å². The second kappa shape index (κ2) is 12.9. The molecule has 0 saturated carbocycles. The first-order valence-electron chi connectivity index (χ1n) is 17.8. The third-order valence-corrected chi connectivity index (χ3v) is 9.93. The fourth-order valence-electron chi connectivity index (χ4n) is 7.26. The summed E-state index contributed by atoms with van der Waals surface area (Å²) in [6.45, 7) is 0. The minimum Gasteiger partial charge on any atom is -0.455 e. The monoisotopic (exact) mass is 677 g/mol. The molecule has 0 unspecified atom stereocenters. The number of benzene rings is 8. The Morgan fingerprint density at radius 2 is 0.774 bits per heavy atom. The van der Waals surface area contributed by atoms with Gasteiger partial charge in [0.05, 0.1) is 0 Å². The number of fused-ring (bicyclic) bond motifs is 5. The van der Waals surface area contributed by atoms with Crippen molar-refractivity contribution in [1.29, 1.82) is 0 Å². The Bertz CT molecular complexity index is 2920. The van der Waals surface area contributed by atoms with E-state index in [2.05, 4.69) is 140 Å². The first-order valence-corrected chi connectivity index (χ1v) is 17.8. The third kappa shape index (κ3) is 5.63. The van der Waals surface area contributed by atoms with Gasteiger partial charge in [0, 0.05) is 32.8 Å². The molecule has 0 bridgehead atoms. The number of para-hydroxylation sites is 1. The molecule has 4 heteroatoms. The van der Waals surface area contributed by atoms with E-state index in [1.165, 1.54) is 11.1 Å². The molecule has 53 heavy (non-hydrogen) atoms. The minimum atomic E-state index is 0.618. The van der Waals surface area contributed by atoms with E-state index in [9.17, 15) is 0 Å². The van der Waals surface area contributed by atoms with E-state index < -0.39 is 0 Å². The summed E-state index contributed by atoms with van der Waals surface area (Å²) < 4.78 is 6.51. The molecular weight excluding hydrogens is 647 g/mol. The van der Waals surface area contributed by atoms with Crippen molar-refractivity contribution in [3.8, 4) is 67.5 Å². The average molecular weight is 678 g/mol. The third-order valence-electron chi connectivity index (χ3n) is 9.93. The predicted molar refractivity (Wildman–Crippen MR) is 217 cm³/mol. The SMILES string of the molecule is c1ccc(-c2ccc(-c3nc(-c4ccccc4)nc(-c4cccc(-c5cc6c7ccccc7oc6c6ccc(-c7ccccc7)cc56)c4)n3)cc2)cc1. The highest BCUT2D eigenvalue weighted by Crippen LogP contribution is 2.42. The zero-order chi connectivity index (χ0) is 35.1. The lowest BCUT2D eigenvalue weighted by molar-refractivity contribution is 0.672. The van der Waals surface area contributed by atoms with Crippen LogP contribution in [0.3, 0.4) is 0 Å². The highest BCUT2D eigenvalue weighted by molar-refractivity contribution is 6.19. The lowest BCUT2D eigenvalue weighted by Gasteiger charge is -2.13. The fourth-order valence-corrected chi connectivity index (χ4v) is 7.26. The van der Waals surface area contributed by atoms with E-state index in [0.29, 0.717) is 17.5 Å². The normalized spacial score (nSPS) is 11.4. The Hall–Kier alpha value is -7.17. The smallest absolute Gasteiger partial charge is 0.164 e. The van der Waals surface area contributed by atoms with Gasteiger partial charge in [0.15, 0.2) is 17.5 Å². The first kappa shape index (κ1) is 30.6. The van der Waals surface area contributed by atoms with Crippen LogP contribution in [-0.2, 0) is 0 Å². The lowest BCUT2D eigenvalue weighted by atomic mass is 9.92. The molecule has 10 aromatic rings. The number of hydrogen-bond acceptors (Lipinski definition) is 4. The summed E-state index contributed by atoms with van der Waals surface area (Å²) >= 11 is 0. The van der Waals surface area contributed by atoms with E-state index in [0.717, 1.165) is 71.7 Å². The van der Waals surface area contributed by atoms with Crippen LogP contribution in [0.1, 0.15) is 0 Å². The summed E-state index contributed by atoms with van der Waals surface area (Å²) in [6.07, 6.45) is 0. The van der Waals surface area contributed by atoms with Gasteiger partial charge in [-0.1, -0.05) is 158 Å². The summed E-state index contributed by atoms with van der Waals surface area (Å²) in [7, 11) is 0. The molecular formula is C49H31N3O. The molecule has 0 amide bonds. The molecule has 0 saturated heterocycles. The number of hydrogen-bond donors (Lipinski definition) is 0. The highest BCUT2D eigenvalue weighted by atomic mass is 16.3. The molecule has 0 N–H and O–H groups in total. The first-order chi connectivity index (χ1) is 26.2. The summed E-state index contributed by atoms with van der Waals surface area (Å²) in [5.41, 5.74) is 11.4. The van der Waals surface area contributed by atoms with Crippen LogP contribution in [-0.4, -0.2) is 15.0 Å². The van der Waals surface area contributed by atoms with Crippen LogP contribution in [0, 0.1) is 0 Å². The van der Waals surface area contributed by atoms with Crippen LogP contribution >= 0.6 is 0 Å². The molecule has 4 nitrogen and oxygen atoms in total. The Labute approximate surface area is 306 Å². The summed E-state index contributed by atoms with van der Waals surface area (Å²) in [5.74, 6) is 1.88.